The minimum atomic E-state index is -0.574. The number of halogens is 1. The van der Waals surface area contributed by atoms with Crippen molar-refractivity contribution >= 4 is 39.0 Å². The maximum Gasteiger partial charge on any atom is 0.327 e. The molecule has 1 heterocycles. The predicted molar refractivity (Wildman–Crippen MR) is 75.7 cm³/mol. The lowest BCUT2D eigenvalue weighted by Gasteiger charge is -2.08. The smallest absolute Gasteiger partial charge is 0.327 e. The van der Waals surface area contributed by atoms with E-state index >= 15 is 0 Å². The van der Waals surface area contributed by atoms with E-state index in [4.69, 9.17) is 4.74 Å². The molecule has 0 bridgehead atoms. The zero-order valence-electron chi connectivity index (χ0n) is 10.6. The number of rotatable bonds is 4. The van der Waals surface area contributed by atoms with Gasteiger partial charge in [0.1, 0.15) is 12.2 Å². The molecule has 0 radical (unpaired) electrons. The number of benzene rings is 1. The number of carbonyl (C=O) groups excluding carboxylic acids is 2. The Morgan fingerprint density at radius 2 is 2.20 bits per heavy atom. The van der Waals surface area contributed by atoms with Gasteiger partial charge in [-0.25, -0.2) is 4.68 Å². The number of nitrogens with zero attached hydrogens (tertiary/aromatic N) is 2. The van der Waals surface area contributed by atoms with Crippen LogP contribution in [0.15, 0.2) is 27.5 Å². The van der Waals surface area contributed by atoms with Crippen molar-refractivity contribution in [1.82, 2.24) is 9.78 Å². The Morgan fingerprint density at radius 3 is 2.85 bits per heavy atom. The number of fused-ring (bicyclic) bond motifs is 1. The average Bonchev–Trinajstić information content (AvgIpc) is 2.42. The first-order valence-corrected chi connectivity index (χ1v) is 6.67. The second kappa shape index (κ2) is 5.96. The molecule has 0 unspecified atom stereocenters. The second-order valence-corrected chi connectivity index (χ2v) is 4.88. The summed E-state index contributed by atoms with van der Waals surface area (Å²) in [6.45, 7) is 1.57. The van der Waals surface area contributed by atoms with Crippen molar-refractivity contribution in [2.24, 2.45) is 0 Å². The lowest BCUT2D eigenvalue weighted by atomic mass is 10.1. The molecule has 6 nitrogen and oxygen atoms in total. The van der Waals surface area contributed by atoms with Crippen LogP contribution in [-0.4, -0.2) is 28.6 Å². The standard InChI is InChI=1S/C13H11BrN2O4/c1-2-20-12(18)6-16-13(19)9-4-3-8(14)5-10(9)11(7-17)15-16/h3-5,7H,2,6H2,1H3. The van der Waals surface area contributed by atoms with E-state index in [-0.39, 0.29) is 18.8 Å². The fourth-order valence-electron chi connectivity index (χ4n) is 1.81. The van der Waals surface area contributed by atoms with Crippen LogP contribution in [0.1, 0.15) is 17.4 Å². The predicted octanol–water partition coefficient (Wildman–Crippen LogP) is 1.53. The normalized spacial score (nSPS) is 10.5. The Balaban J connectivity index is 2.60. The molecule has 0 aliphatic heterocycles. The van der Waals surface area contributed by atoms with Gasteiger partial charge in [0.2, 0.25) is 0 Å². The maximum atomic E-state index is 12.2. The van der Waals surface area contributed by atoms with Crippen molar-refractivity contribution in [1.29, 1.82) is 0 Å². The minimum absolute atomic E-state index is 0.102. The number of aromatic nitrogens is 2. The van der Waals surface area contributed by atoms with E-state index in [0.29, 0.717) is 17.1 Å². The molecule has 0 N–H and O–H groups in total. The van der Waals surface area contributed by atoms with Crippen LogP contribution in [-0.2, 0) is 16.1 Å². The molecule has 1 aromatic heterocycles. The summed E-state index contributed by atoms with van der Waals surface area (Å²) in [7, 11) is 0. The van der Waals surface area contributed by atoms with Crippen LogP contribution in [0.3, 0.4) is 0 Å². The third-order valence-electron chi connectivity index (χ3n) is 2.65. The molecule has 0 spiro atoms. The fraction of sp³-hybridized carbons (Fsp3) is 0.231. The molecule has 0 atom stereocenters. The summed E-state index contributed by atoms with van der Waals surface area (Å²) < 4.78 is 6.45. The molecule has 1 aromatic carbocycles. The third-order valence-corrected chi connectivity index (χ3v) is 3.14. The number of hydrogen-bond acceptors (Lipinski definition) is 5. The Morgan fingerprint density at radius 1 is 1.45 bits per heavy atom. The lowest BCUT2D eigenvalue weighted by Crippen LogP contribution is -2.29. The summed E-state index contributed by atoms with van der Waals surface area (Å²) in [6, 6.07) is 4.91. The van der Waals surface area contributed by atoms with Crippen molar-refractivity contribution in [2.75, 3.05) is 6.61 Å². The summed E-state index contributed by atoms with van der Waals surface area (Å²) in [4.78, 5) is 34.7. The van der Waals surface area contributed by atoms with Gasteiger partial charge in [-0.1, -0.05) is 15.9 Å². The molecular weight excluding hydrogens is 328 g/mol. The molecule has 2 rings (SSSR count). The van der Waals surface area contributed by atoms with Gasteiger partial charge in [0.05, 0.1) is 12.0 Å². The van der Waals surface area contributed by atoms with Crippen LogP contribution in [0.2, 0.25) is 0 Å². The number of aldehydes is 1. The minimum Gasteiger partial charge on any atom is -0.465 e. The fourth-order valence-corrected chi connectivity index (χ4v) is 2.17. The van der Waals surface area contributed by atoms with Gasteiger partial charge in [-0.3, -0.25) is 14.4 Å². The van der Waals surface area contributed by atoms with Gasteiger partial charge < -0.3 is 4.74 Å². The van der Waals surface area contributed by atoms with Gasteiger partial charge >= 0.3 is 5.97 Å². The topological polar surface area (TPSA) is 78.3 Å². The van der Waals surface area contributed by atoms with Crippen molar-refractivity contribution in [3.63, 3.8) is 0 Å². The summed E-state index contributed by atoms with van der Waals surface area (Å²) in [6.07, 6.45) is 0.551. The molecule has 0 amide bonds. The molecule has 2 aromatic rings. The molecule has 7 heteroatoms. The Kier molecular flexibility index (Phi) is 4.29. The van der Waals surface area contributed by atoms with E-state index in [2.05, 4.69) is 21.0 Å². The van der Waals surface area contributed by atoms with Gasteiger partial charge in [0.25, 0.3) is 5.56 Å². The second-order valence-electron chi connectivity index (χ2n) is 3.96. The van der Waals surface area contributed by atoms with Crippen LogP contribution < -0.4 is 5.56 Å². The summed E-state index contributed by atoms with van der Waals surface area (Å²) in [5.41, 5.74) is -0.337. The lowest BCUT2D eigenvalue weighted by molar-refractivity contribution is -0.144. The SMILES string of the molecule is CCOC(=O)Cn1nc(C=O)c2cc(Br)ccc2c1=O. The first-order chi connectivity index (χ1) is 9.56. The zero-order valence-corrected chi connectivity index (χ0v) is 12.2. The quantitative estimate of drug-likeness (QED) is 0.624. The highest BCUT2D eigenvalue weighted by molar-refractivity contribution is 9.10. The first-order valence-electron chi connectivity index (χ1n) is 5.88. The number of hydrogen-bond donors (Lipinski definition) is 0. The van der Waals surface area contributed by atoms with E-state index in [1.165, 1.54) is 0 Å². The average molecular weight is 339 g/mol. The number of esters is 1. The molecule has 0 saturated heterocycles. The van der Waals surface area contributed by atoms with E-state index in [1.54, 1.807) is 25.1 Å². The van der Waals surface area contributed by atoms with Gasteiger partial charge in [-0.15, -0.1) is 0 Å². The molecule has 0 aliphatic carbocycles. The van der Waals surface area contributed by atoms with E-state index in [0.717, 1.165) is 9.15 Å². The molecule has 104 valence electrons. The van der Waals surface area contributed by atoms with Crippen LogP contribution in [0.25, 0.3) is 10.8 Å². The molecular formula is C13H11BrN2O4. The van der Waals surface area contributed by atoms with Crippen LogP contribution in [0.5, 0.6) is 0 Å². The number of ether oxygens (including phenoxy) is 1. The Bertz CT molecular complexity index is 739. The summed E-state index contributed by atoms with van der Waals surface area (Å²) in [5, 5.41) is 4.67. The van der Waals surface area contributed by atoms with Gasteiger partial charge in [-0.2, -0.15) is 5.10 Å². The van der Waals surface area contributed by atoms with Gasteiger partial charge in [0, 0.05) is 9.86 Å². The van der Waals surface area contributed by atoms with Crippen molar-refractivity contribution in [3.05, 3.63) is 38.7 Å². The monoisotopic (exact) mass is 338 g/mol. The van der Waals surface area contributed by atoms with Crippen molar-refractivity contribution in [2.45, 2.75) is 13.5 Å². The first kappa shape index (κ1) is 14.4. The highest BCUT2D eigenvalue weighted by Crippen LogP contribution is 2.18. The van der Waals surface area contributed by atoms with Gasteiger partial charge in [-0.05, 0) is 25.1 Å². The van der Waals surface area contributed by atoms with Crippen LogP contribution >= 0.6 is 15.9 Å². The van der Waals surface area contributed by atoms with Crippen LogP contribution in [0.4, 0.5) is 0 Å². The highest BCUT2D eigenvalue weighted by atomic mass is 79.9. The zero-order chi connectivity index (χ0) is 14.7. The molecule has 0 saturated carbocycles. The van der Waals surface area contributed by atoms with Gasteiger partial charge in [0.15, 0.2) is 6.29 Å². The third kappa shape index (κ3) is 2.77. The van der Waals surface area contributed by atoms with E-state index in [9.17, 15) is 14.4 Å². The maximum absolute atomic E-state index is 12.2. The van der Waals surface area contributed by atoms with Crippen molar-refractivity contribution in [3.8, 4) is 0 Å². The van der Waals surface area contributed by atoms with Crippen molar-refractivity contribution < 1.29 is 14.3 Å². The number of carbonyl (C=O) groups is 2. The van der Waals surface area contributed by atoms with E-state index in [1.807, 2.05) is 0 Å². The van der Waals surface area contributed by atoms with Crippen LogP contribution in [0, 0.1) is 0 Å². The Labute approximate surface area is 122 Å². The highest BCUT2D eigenvalue weighted by Gasteiger charge is 2.13. The largest absolute Gasteiger partial charge is 0.465 e. The summed E-state index contributed by atoms with van der Waals surface area (Å²) >= 11 is 3.27. The summed E-state index contributed by atoms with van der Waals surface area (Å²) in [5.74, 6) is -0.574. The molecule has 0 aliphatic rings. The molecule has 0 fully saturated rings. The van der Waals surface area contributed by atoms with E-state index < -0.39 is 11.5 Å². The Hall–Kier alpha value is -2.02. The molecule has 20 heavy (non-hydrogen) atoms.